The van der Waals surface area contributed by atoms with Gasteiger partial charge in [0.1, 0.15) is 11.5 Å². The molecule has 2 amide bonds. The molecule has 0 radical (unpaired) electrons. The Morgan fingerprint density at radius 1 is 0.972 bits per heavy atom. The normalized spacial score (nSPS) is 10.5. The molecule has 0 spiro atoms. The van der Waals surface area contributed by atoms with Crippen molar-refractivity contribution in [1.29, 1.82) is 0 Å². The van der Waals surface area contributed by atoms with E-state index >= 15 is 0 Å². The lowest BCUT2D eigenvalue weighted by molar-refractivity contribution is -0.113. The zero-order valence-corrected chi connectivity index (χ0v) is 21.4. The summed E-state index contributed by atoms with van der Waals surface area (Å²) in [7, 11) is 1.56. The molecule has 184 valence electrons. The van der Waals surface area contributed by atoms with Crippen LogP contribution in [0.15, 0.2) is 83.1 Å². The molecular weight excluding hydrogens is 494 g/mol. The fourth-order valence-corrected chi connectivity index (χ4v) is 4.78. The van der Waals surface area contributed by atoms with E-state index in [1.807, 2.05) is 54.8 Å². The third-order valence-corrected chi connectivity index (χ3v) is 6.76. The minimum Gasteiger partial charge on any atom is -0.497 e. The van der Waals surface area contributed by atoms with Crippen molar-refractivity contribution in [3.8, 4) is 22.8 Å². The molecule has 0 saturated carbocycles. The molecular formula is C27H25N3O4S2. The monoisotopic (exact) mass is 519 g/mol. The summed E-state index contributed by atoms with van der Waals surface area (Å²) in [5.74, 6) is 1.25. The van der Waals surface area contributed by atoms with E-state index in [9.17, 15) is 9.59 Å². The van der Waals surface area contributed by atoms with Crippen molar-refractivity contribution < 1.29 is 19.1 Å². The summed E-state index contributed by atoms with van der Waals surface area (Å²) in [6, 6.07) is 22.0. The van der Waals surface area contributed by atoms with Crippen LogP contribution in [0.25, 0.3) is 11.3 Å². The molecule has 0 bridgehead atoms. The predicted octanol–water partition coefficient (Wildman–Crippen LogP) is 6.20. The van der Waals surface area contributed by atoms with Gasteiger partial charge in [0.2, 0.25) is 5.91 Å². The Morgan fingerprint density at radius 3 is 2.56 bits per heavy atom. The molecule has 7 nitrogen and oxygen atoms in total. The average Bonchev–Trinajstić information content (AvgIpc) is 3.36. The molecule has 1 aromatic heterocycles. The molecule has 0 unspecified atom stereocenters. The second-order valence-corrected chi connectivity index (χ2v) is 9.45. The van der Waals surface area contributed by atoms with Gasteiger partial charge in [-0.15, -0.1) is 23.1 Å². The van der Waals surface area contributed by atoms with Crippen molar-refractivity contribution in [3.63, 3.8) is 0 Å². The second-order valence-electron chi connectivity index (χ2n) is 7.55. The molecule has 3 aromatic carbocycles. The van der Waals surface area contributed by atoms with Crippen LogP contribution >= 0.6 is 23.1 Å². The van der Waals surface area contributed by atoms with Gasteiger partial charge in [-0.25, -0.2) is 4.98 Å². The molecule has 36 heavy (non-hydrogen) atoms. The first-order valence-corrected chi connectivity index (χ1v) is 13.1. The molecule has 0 saturated heterocycles. The van der Waals surface area contributed by atoms with Crippen LogP contribution in [0.4, 0.5) is 10.8 Å². The van der Waals surface area contributed by atoms with Gasteiger partial charge in [-0.3, -0.25) is 9.59 Å². The molecule has 9 heteroatoms. The number of thioether (sulfide) groups is 1. The van der Waals surface area contributed by atoms with E-state index in [1.54, 1.807) is 37.4 Å². The average molecular weight is 520 g/mol. The number of carbonyl (C=O) groups is 2. The van der Waals surface area contributed by atoms with Gasteiger partial charge in [-0.05, 0) is 67.6 Å². The molecule has 4 aromatic rings. The highest BCUT2D eigenvalue weighted by Crippen LogP contribution is 2.27. The van der Waals surface area contributed by atoms with Crippen molar-refractivity contribution in [1.82, 2.24) is 4.98 Å². The van der Waals surface area contributed by atoms with Gasteiger partial charge < -0.3 is 20.1 Å². The van der Waals surface area contributed by atoms with Crippen LogP contribution in [-0.2, 0) is 4.79 Å². The van der Waals surface area contributed by atoms with E-state index in [1.165, 1.54) is 23.1 Å². The first-order chi connectivity index (χ1) is 17.5. The molecule has 2 N–H and O–H groups in total. The first-order valence-electron chi connectivity index (χ1n) is 11.2. The number of methoxy groups -OCH3 is 1. The lowest BCUT2D eigenvalue weighted by atomic mass is 10.2. The molecule has 1 heterocycles. The smallest absolute Gasteiger partial charge is 0.255 e. The number of ether oxygens (including phenoxy) is 2. The fourth-order valence-electron chi connectivity index (χ4n) is 3.29. The third kappa shape index (κ3) is 6.87. The maximum absolute atomic E-state index is 12.6. The van der Waals surface area contributed by atoms with Crippen LogP contribution in [0, 0.1) is 0 Å². The minimum atomic E-state index is -0.235. The third-order valence-electron chi connectivity index (χ3n) is 5.01. The second kappa shape index (κ2) is 12.2. The number of hydrogen-bond acceptors (Lipinski definition) is 7. The van der Waals surface area contributed by atoms with E-state index < -0.39 is 0 Å². The minimum absolute atomic E-state index is 0.154. The number of thiazole rings is 1. The number of nitrogens with one attached hydrogen (secondary N) is 2. The highest BCUT2D eigenvalue weighted by atomic mass is 32.2. The first kappa shape index (κ1) is 25.3. The Morgan fingerprint density at radius 2 is 1.78 bits per heavy atom. The van der Waals surface area contributed by atoms with E-state index in [2.05, 4.69) is 15.6 Å². The van der Waals surface area contributed by atoms with Crippen LogP contribution in [0.3, 0.4) is 0 Å². The van der Waals surface area contributed by atoms with Crippen LogP contribution in [0.1, 0.15) is 17.3 Å². The number of hydrogen-bond donors (Lipinski definition) is 2. The lowest BCUT2D eigenvalue weighted by Gasteiger charge is -2.08. The zero-order valence-electron chi connectivity index (χ0n) is 19.8. The Bertz CT molecular complexity index is 1340. The number of anilines is 2. The fraction of sp³-hybridized carbons (Fsp3) is 0.148. The number of nitrogens with zero attached hydrogens (tertiary/aromatic N) is 1. The van der Waals surface area contributed by atoms with E-state index in [0.29, 0.717) is 28.7 Å². The zero-order chi connectivity index (χ0) is 25.3. The van der Waals surface area contributed by atoms with Crippen LogP contribution in [0.5, 0.6) is 11.5 Å². The van der Waals surface area contributed by atoms with Crippen LogP contribution < -0.4 is 20.1 Å². The van der Waals surface area contributed by atoms with Gasteiger partial charge >= 0.3 is 0 Å². The Kier molecular flexibility index (Phi) is 8.59. The van der Waals surface area contributed by atoms with Gasteiger partial charge in [0.15, 0.2) is 5.13 Å². The van der Waals surface area contributed by atoms with Gasteiger partial charge in [0, 0.05) is 27.1 Å². The predicted molar refractivity (Wildman–Crippen MR) is 145 cm³/mol. The summed E-state index contributed by atoms with van der Waals surface area (Å²) in [5, 5.41) is 8.19. The van der Waals surface area contributed by atoms with Gasteiger partial charge in [0.25, 0.3) is 5.91 Å². The highest BCUT2D eigenvalue weighted by Gasteiger charge is 2.11. The van der Waals surface area contributed by atoms with Crippen LogP contribution in [0.2, 0.25) is 0 Å². The number of carbonyl (C=O) groups excluding carboxylic acids is 2. The summed E-state index contributed by atoms with van der Waals surface area (Å²) in [5.41, 5.74) is 2.90. The van der Waals surface area contributed by atoms with E-state index in [-0.39, 0.29) is 17.6 Å². The molecule has 0 atom stereocenters. The lowest BCUT2D eigenvalue weighted by Crippen LogP contribution is -2.14. The molecule has 0 aliphatic rings. The topological polar surface area (TPSA) is 89.6 Å². The van der Waals surface area contributed by atoms with Crippen molar-refractivity contribution in [2.24, 2.45) is 0 Å². The van der Waals surface area contributed by atoms with Crippen LogP contribution in [-0.4, -0.2) is 36.3 Å². The molecule has 0 aliphatic heterocycles. The number of benzene rings is 3. The summed E-state index contributed by atoms with van der Waals surface area (Å²) >= 11 is 2.76. The van der Waals surface area contributed by atoms with Gasteiger partial charge in [-0.2, -0.15) is 0 Å². The van der Waals surface area contributed by atoms with Gasteiger partial charge in [0.05, 0.1) is 25.2 Å². The van der Waals surface area contributed by atoms with Crippen molar-refractivity contribution >= 4 is 45.7 Å². The Labute approximate surface area is 217 Å². The largest absolute Gasteiger partial charge is 0.497 e. The quantitative estimate of drug-likeness (QED) is 0.243. The Hall–Kier alpha value is -3.82. The Balaban J connectivity index is 1.30. The van der Waals surface area contributed by atoms with Crippen molar-refractivity contribution in [3.05, 3.63) is 83.7 Å². The summed E-state index contributed by atoms with van der Waals surface area (Å²) in [6.45, 7) is 2.56. The molecule has 0 aliphatic carbocycles. The summed E-state index contributed by atoms with van der Waals surface area (Å²) in [6.07, 6.45) is 0. The maximum atomic E-state index is 12.6. The highest BCUT2D eigenvalue weighted by molar-refractivity contribution is 8.00. The van der Waals surface area contributed by atoms with Gasteiger partial charge in [-0.1, -0.05) is 12.1 Å². The summed E-state index contributed by atoms with van der Waals surface area (Å²) in [4.78, 5) is 30.4. The van der Waals surface area contributed by atoms with E-state index in [4.69, 9.17) is 9.47 Å². The summed E-state index contributed by atoms with van der Waals surface area (Å²) < 4.78 is 10.6. The number of rotatable bonds is 10. The van der Waals surface area contributed by atoms with Crippen molar-refractivity contribution in [2.45, 2.75) is 11.8 Å². The SMILES string of the molecule is CCOc1ccc(-c2csc(NC(=O)CSc3cccc(NC(=O)c4cccc(OC)c4)c3)n2)cc1. The van der Waals surface area contributed by atoms with E-state index in [0.717, 1.165) is 21.9 Å². The molecule has 0 fully saturated rings. The number of amides is 2. The standard InChI is InChI=1S/C27H25N3O4S2/c1-3-34-21-12-10-18(11-13-21)24-16-36-27(29-24)30-25(31)17-35-23-9-5-7-20(15-23)28-26(32)19-6-4-8-22(14-19)33-2/h4-16H,3,17H2,1-2H3,(H,28,32)(H,29,30,31). The van der Waals surface area contributed by atoms with Crippen molar-refractivity contribution in [2.75, 3.05) is 30.1 Å². The molecule has 4 rings (SSSR count). The maximum Gasteiger partial charge on any atom is 0.255 e. The number of aromatic nitrogens is 1.